The molecule has 2 rings (SSSR count). The van der Waals surface area contributed by atoms with Gasteiger partial charge in [0.05, 0.1) is 5.56 Å². The summed E-state index contributed by atoms with van der Waals surface area (Å²) in [6.45, 7) is 0. The summed E-state index contributed by atoms with van der Waals surface area (Å²) in [5.41, 5.74) is 0.490. The van der Waals surface area contributed by atoms with Crippen LogP contribution in [0.1, 0.15) is 29.6 Å². The number of hydrogen-bond acceptors (Lipinski definition) is 2. The minimum Gasteiger partial charge on any atom is -0.349 e. The maximum atomic E-state index is 12.9. The van der Waals surface area contributed by atoms with E-state index in [0.717, 1.165) is 19.3 Å². The fraction of sp³-hybridized carbons (Fsp3) is 0.462. The highest BCUT2D eigenvalue weighted by molar-refractivity contribution is 9.10. The summed E-state index contributed by atoms with van der Waals surface area (Å²) < 4.78 is 13.4. The van der Waals surface area contributed by atoms with Crippen LogP contribution in [0.4, 0.5) is 4.39 Å². The molecule has 5 heteroatoms. The molecule has 1 amide bonds. The molecule has 0 radical (unpaired) electrons. The maximum Gasteiger partial charge on any atom is 0.252 e. The van der Waals surface area contributed by atoms with Crippen molar-refractivity contribution in [2.75, 3.05) is 6.26 Å². The average molecular weight is 332 g/mol. The highest BCUT2D eigenvalue weighted by atomic mass is 79.9. The number of halogens is 2. The van der Waals surface area contributed by atoms with Crippen molar-refractivity contribution in [3.63, 3.8) is 0 Å². The number of benzene rings is 1. The van der Waals surface area contributed by atoms with Crippen LogP contribution in [0.25, 0.3) is 0 Å². The Kier molecular flexibility index (Phi) is 4.67. The van der Waals surface area contributed by atoms with Crippen molar-refractivity contribution in [2.45, 2.75) is 30.6 Å². The van der Waals surface area contributed by atoms with Gasteiger partial charge in [-0.15, -0.1) is 0 Å². The predicted octanol–water partition coefficient (Wildman–Crippen LogP) is 3.60. The first-order chi connectivity index (χ1) is 8.60. The Morgan fingerprint density at radius 1 is 1.50 bits per heavy atom. The summed E-state index contributed by atoms with van der Waals surface area (Å²) in [5.74, 6) is -0.477. The Hall–Kier alpha value is -0.550. The fourth-order valence-corrected chi connectivity index (χ4v) is 3.55. The number of carbonyl (C=O) groups is 1. The zero-order chi connectivity index (χ0) is 13.1. The zero-order valence-corrected chi connectivity index (χ0v) is 12.5. The maximum absolute atomic E-state index is 12.9. The number of hydrogen-bond donors (Lipinski definition) is 1. The molecule has 0 saturated heterocycles. The minimum atomic E-state index is -0.346. The Labute approximate surface area is 119 Å². The van der Waals surface area contributed by atoms with E-state index in [1.165, 1.54) is 18.2 Å². The lowest BCUT2D eigenvalue weighted by atomic mass is 10.2. The number of carbonyl (C=O) groups excluding carboxylic acids is 1. The second kappa shape index (κ2) is 6.06. The lowest BCUT2D eigenvalue weighted by Gasteiger charge is -2.13. The number of rotatable bonds is 3. The Balaban J connectivity index is 2.00. The van der Waals surface area contributed by atoms with E-state index in [-0.39, 0.29) is 17.8 Å². The van der Waals surface area contributed by atoms with Crippen molar-refractivity contribution >= 4 is 33.6 Å². The monoisotopic (exact) mass is 331 g/mol. The van der Waals surface area contributed by atoms with Crippen molar-refractivity contribution in [1.29, 1.82) is 0 Å². The van der Waals surface area contributed by atoms with Gasteiger partial charge in [0.2, 0.25) is 0 Å². The first-order valence-electron chi connectivity index (χ1n) is 5.89. The highest BCUT2D eigenvalue weighted by Gasteiger charge is 2.25. The molecule has 0 aliphatic heterocycles. The van der Waals surface area contributed by atoms with Gasteiger partial charge < -0.3 is 5.32 Å². The topological polar surface area (TPSA) is 29.1 Å². The van der Waals surface area contributed by atoms with Crippen molar-refractivity contribution in [2.24, 2.45) is 0 Å². The molecule has 0 bridgehead atoms. The molecule has 2 nitrogen and oxygen atoms in total. The van der Waals surface area contributed by atoms with Crippen LogP contribution in [-0.2, 0) is 0 Å². The molecule has 0 spiro atoms. The molecular formula is C13H15BrFNOS. The molecule has 1 aliphatic carbocycles. The van der Waals surface area contributed by atoms with Crippen LogP contribution in [0.5, 0.6) is 0 Å². The van der Waals surface area contributed by atoms with E-state index in [0.29, 0.717) is 15.3 Å². The largest absolute Gasteiger partial charge is 0.349 e. The third-order valence-corrected chi connectivity index (χ3v) is 4.98. The van der Waals surface area contributed by atoms with Crippen LogP contribution in [-0.4, -0.2) is 23.5 Å². The summed E-state index contributed by atoms with van der Waals surface area (Å²) in [5, 5.41) is 3.66. The average Bonchev–Trinajstić information content (AvgIpc) is 2.76. The first-order valence-corrected chi connectivity index (χ1v) is 7.97. The number of nitrogens with one attached hydrogen (secondary N) is 1. The SMILES string of the molecule is CSC1CCC(NC(=O)c2ccc(F)cc2Br)C1. The molecule has 18 heavy (non-hydrogen) atoms. The van der Waals surface area contributed by atoms with Gasteiger partial charge in [-0.05, 0) is 59.6 Å². The molecule has 2 atom stereocenters. The Morgan fingerprint density at radius 3 is 2.89 bits per heavy atom. The molecule has 0 aromatic heterocycles. The van der Waals surface area contributed by atoms with Gasteiger partial charge in [0, 0.05) is 15.8 Å². The number of amides is 1. The summed E-state index contributed by atoms with van der Waals surface area (Å²) in [6.07, 6.45) is 5.30. The van der Waals surface area contributed by atoms with E-state index in [9.17, 15) is 9.18 Å². The summed E-state index contributed by atoms with van der Waals surface area (Å²) in [6, 6.07) is 4.37. The molecule has 1 fully saturated rings. The van der Waals surface area contributed by atoms with Gasteiger partial charge >= 0.3 is 0 Å². The van der Waals surface area contributed by atoms with Crippen LogP contribution < -0.4 is 5.32 Å². The van der Waals surface area contributed by atoms with Gasteiger partial charge in [-0.3, -0.25) is 4.79 Å². The second-order valence-corrected chi connectivity index (χ2v) is 6.46. The van der Waals surface area contributed by atoms with E-state index >= 15 is 0 Å². The summed E-state index contributed by atoms with van der Waals surface area (Å²) in [4.78, 5) is 12.1. The lowest BCUT2D eigenvalue weighted by Crippen LogP contribution is -2.33. The second-order valence-electron chi connectivity index (χ2n) is 4.47. The first kappa shape index (κ1) is 13.9. The van der Waals surface area contributed by atoms with Crippen LogP contribution in [0.2, 0.25) is 0 Å². The molecule has 1 aromatic carbocycles. The quantitative estimate of drug-likeness (QED) is 0.916. The molecule has 1 N–H and O–H groups in total. The van der Waals surface area contributed by atoms with Gasteiger partial charge in [-0.25, -0.2) is 4.39 Å². The van der Waals surface area contributed by atoms with Gasteiger partial charge in [-0.2, -0.15) is 11.8 Å². The van der Waals surface area contributed by atoms with Crippen LogP contribution in [0.3, 0.4) is 0 Å². The molecular weight excluding hydrogens is 317 g/mol. The zero-order valence-electron chi connectivity index (χ0n) is 10.1. The highest BCUT2D eigenvalue weighted by Crippen LogP contribution is 2.28. The van der Waals surface area contributed by atoms with E-state index < -0.39 is 0 Å². The van der Waals surface area contributed by atoms with E-state index in [1.54, 1.807) is 0 Å². The van der Waals surface area contributed by atoms with Crippen LogP contribution in [0, 0.1) is 5.82 Å². The summed E-state index contributed by atoms with van der Waals surface area (Å²) >= 11 is 5.07. The summed E-state index contributed by atoms with van der Waals surface area (Å²) in [7, 11) is 0. The Bertz CT molecular complexity index is 455. The number of thioether (sulfide) groups is 1. The normalized spacial score (nSPS) is 23.1. The fourth-order valence-electron chi connectivity index (χ4n) is 2.22. The van der Waals surface area contributed by atoms with Gasteiger partial charge in [-0.1, -0.05) is 0 Å². The van der Waals surface area contributed by atoms with Crippen LogP contribution in [0.15, 0.2) is 22.7 Å². The molecule has 1 aromatic rings. The molecule has 98 valence electrons. The van der Waals surface area contributed by atoms with Gasteiger partial charge in [0.1, 0.15) is 5.82 Å². The van der Waals surface area contributed by atoms with Crippen molar-refractivity contribution in [1.82, 2.24) is 5.32 Å². The lowest BCUT2D eigenvalue weighted by molar-refractivity contribution is 0.0937. The predicted molar refractivity (Wildman–Crippen MR) is 76.5 cm³/mol. The Morgan fingerprint density at radius 2 is 2.28 bits per heavy atom. The third-order valence-electron chi connectivity index (χ3n) is 3.23. The van der Waals surface area contributed by atoms with Crippen molar-refractivity contribution < 1.29 is 9.18 Å². The molecule has 0 heterocycles. The molecule has 1 aliphatic rings. The van der Waals surface area contributed by atoms with Crippen molar-refractivity contribution in [3.05, 3.63) is 34.1 Å². The third kappa shape index (κ3) is 3.26. The van der Waals surface area contributed by atoms with Gasteiger partial charge in [0.15, 0.2) is 0 Å². The smallest absolute Gasteiger partial charge is 0.252 e. The molecule has 2 unspecified atom stereocenters. The van der Waals surface area contributed by atoms with E-state index in [4.69, 9.17) is 0 Å². The van der Waals surface area contributed by atoms with E-state index in [1.807, 2.05) is 11.8 Å². The van der Waals surface area contributed by atoms with Crippen molar-refractivity contribution in [3.8, 4) is 0 Å². The van der Waals surface area contributed by atoms with E-state index in [2.05, 4.69) is 27.5 Å². The van der Waals surface area contributed by atoms with Crippen LogP contribution >= 0.6 is 27.7 Å². The van der Waals surface area contributed by atoms with Gasteiger partial charge in [0.25, 0.3) is 5.91 Å². The standard InChI is InChI=1S/C13H15BrFNOS/c1-18-10-4-3-9(7-10)16-13(17)11-5-2-8(15)6-12(11)14/h2,5-6,9-10H,3-4,7H2,1H3,(H,16,17). The minimum absolute atomic E-state index is 0.131. The molecule has 1 saturated carbocycles.